The van der Waals surface area contributed by atoms with E-state index in [1.54, 1.807) is 52.0 Å². The third kappa shape index (κ3) is 7.15. The van der Waals surface area contributed by atoms with Gasteiger partial charge in [0.25, 0.3) is 0 Å². The van der Waals surface area contributed by atoms with Crippen molar-refractivity contribution in [1.29, 1.82) is 0 Å². The van der Waals surface area contributed by atoms with E-state index in [0.717, 1.165) is 11.1 Å². The Balaban J connectivity index is 2.68. The first kappa shape index (κ1) is 19.0. The topological polar surface area (TPSA) is 84.9 Å². The van der Waals surface area contributed by atoms with Gasteiger partial charge < -0.3 is 19.9 Å². The Bertz CT molecular complexity index is 519. The van der Waals surface area contributed by atoms with Crippen LogP contribution in [0.5, 0.6) is 0 Å². The first-order valence-electron chi connectivity index (χ1n) is 7.60. The van der Waals surface area contributed by atoms with Crippen molar-refractivity contribution in [3.63, 3.8) is 0 Å². The minimum Gasteiger partial charge on any atom is -0.466 e. The number of hydrogen-bond acceptors (Lipinski definition) is 5. The average Bonchev–Trinajstić information content (AvgIpc) is 2.44. The summed E-state index contributed by atoms with van der Waals surface area (Å²) in [7, 11) is 0. The van der Waals surface area contributed by atoms with Gasteiger partial charge in [0.2, 0.25) is 0 Å². The first-order chi connectivity index (χ1) is 10.7. The van der Waals surface area contributed by atoms with Crippen molar-refractivity contribution < 1.29 is 24.2 Å². The summed E-state index contributed by atoms with van der Waals surface area (Å²) in [6, 6.07) is 6.48. The number of aliphatic hydroxyl groups excluding tert-OH is 1. The number of esters is 1. The fourth-order valence-corrected chi connectivity index (χ4v) is 1.93. The Morgan fingerprint density at radius 1 is 1.22 bits per heavy atom. The van der Waals surface area contributed by atoms with E-state index >= 15 is 0 Å². The summed E-state index contributed by atoms with van der Waals surface area (Å²) in [6.07, 6.45) is -0.399. The van der Waals surface area contributed by atoms with Crippen molar-refractivity contribution >= 4 is 12.1 Å². The lowest BCUT2D eigenvalue weighted by Gasteiger charge is -2.23. The summed E-state index contributed by atoms with van der Waals surface area (Å²) in [4.78, 5) is 23.2. The zero-order chi connectivity index (χ0) is 17.5. The van der Waals surface area contributed by atoms with Crippen molar-refractivity contribution in [2.45, 2.75) is 45.8 Å². The van der Waals surface area contributed by atoms with Crippen LogP contribution in [0.4, 0.5) is 4.79 Å². The number of alkyl carbamates (subject to hydrolysis) is 1. The standard InChI is InChI=1S/C17H25NO5/c1-5-22-15(20)10-12-6-8-13(9-7-12)14(11-19)18-16(21)23-17(2,3)4/h6-9,14,19H,5,10-11H2,1-4H3,(H,18,21)/t14-/m1/s1. The minimum atomic E-state index is -0.604. The summed E-state index contributed by atoms with van der Waals surface area (Å²) in [5.74, 6) is -0.286. The minimum absolute atomic E-state index is 0.192. The summed E-state index contributed by atoms with van der Waals surface area (Å²) in [5.41, 5.74) is 0.931. The number of ether oxygens (including phenoxy) is 2. The maximum absolute atomic E-state index is 11.8. The van der Waals surface area contributed by atoms with Crippen LogP contribution in [-0.2, 0) is 20.7 Å². The monoisotopic (exact) mass is 323 g/mol. The molecule has 0 unspecified atom stereocenters. The second-order valence-corrected chi connectivity index (χ2v) is 6.10. The first-order valence-corrected chi connectivity index (χ1v) is 7.60. The van der Waals surface area contributed by atoms with Gasteiger partial charge in [-0.2, -0.15) is 0 Å². The third-order valence-electron chi connectivity index (χ3n) is 2.91. The molecule has 0 saturated carbocycles. The molecule has 2 N–H and O–H groups in total. The largest absolute Gasteiger partial charge is 0.466 e. The molecule has 1 amide bonds. The fourth-order valence-electron chi connectivity index (χ4n) is 1.93. The van der Waals surface area contributed by atoms with Crippen LogP contribution >= 0.6 is 0 Å². The highest BCUT2D eigenvalue weighted by molar-refractivity contribution is 5.72. The smallest absolute Gasteiger partial charge is 0.408 e. The number of nitrogens with one attached hydrogen (secondary N) is 1. The van der Waals surface area contributed by atoms with Gasteiger partial charge in [0, 0.05) is 0 Å². The molecule has 0 aliphatic heterocycles. The predicted octanol–water partition coefficient (Wildman–Crippen LogP) is 2.35. The van der Waals surface area contributed by atoms with Gasteiger partial charge in [-0.15, -0.1) is 0 Å². The lowest BCUT2D eigenvalue weighted by atomic mass is 10.0. The van der Waals surface area contributed by atoms with Crippen LogP contribution in [0.15, 0.2) is 24.3 Å². The van der Waals surface area contributed by atoms with Crippen molar-refractivity contribution in [1.82, 2.24) is 5.32 Å². The molecule has 128 valence electrons. The molecule has 1 aromatic carbocycles. The highest BCUT2D eigenvalue weighted by Gasteiger charge is 2.20. The SMILES string of the molecule is CCOC(=O)Cc1ccc([C@@H](CO)NC(=O)OC(C)(C)C)cc1. The Morgan fingerprint density at radius 3 is 2.30 bits per heavy atom. The van der Waals surface area contributed by atoms with E-state index in [-0.39, 0.29) is 19.0 Å². The Kier molecular flexibility index (Phi) is 7.03. The van der Waals surface area contributed by atoms with E-state index in [9.17, 15) is 14.7 Å². The van der Waals surface area contributed by atoms with Crippen molar-refractivity contribution in [3.8, 4) is 0 Å². The van der Waals surface area contributed by atoms with Crippen LogP contribution in [0, 0.1) is 0 Å². The van der Waals surface area contributed by atoms with Crippen molar-refractivity contribution in [2.24, 2.45) is 0 Å². The van der Waals surface area contributed by atoms with Crippen LogP contribution in [0.2, 0.25) is 0 Å². The predicted molar refractivity (Wildman–Crippen MR) is 86.0 cm³/mol. The zero-order valence-corrected chi connectivity index (χ0v) is 14.1. The molecule has 23 heavy (non-hydrogen) atoms. The van der Waals surface area contributed by atoms with E-state index in [4.69, 9.17) is 9.47 Å². The molecular weight excluding hydrogens is 298 g/mol. The molecule has 1 rings (SSSR count). The number of benzene rings is 1. The lowest BCUT2D eigenvalue weighted by molar-refractivity contribution is -0.142. The molecule has 0 fully saturated rings. The number of hydrogen-bond donors (Lipinski definition) is 2. The van der Waals surface area contributed by atoms with E-state index < -0.39 is 17.7 Å². The second kappa shape index (κ2) is 8.53. The summed E-state index contributed by atoms with van der Waals surface area (Å²) in [6.45, 7) is 7.16. The zero-order valence-electron chi connectivity index (χ0n) is 14.1. The average molecular weight is 323 g/mol. The number of amides is 1. The van der Waals surface area contributed by atoms with Crippen molar-refractivity contribution in [2.75, 3.05) is 13.2 Å². The maximum Gasteiger partial charge on any atom is 0.408 e. The molecule has 1 atom stereocenters. The maximum atomic E-state index is 11.8. The molecule has 0 aliphatic rings. The Hall–Kier alpha value is -2.08. The van der Waals surface area contributed by atoms with Crippen LogP contribution in [0.1, 0.15) is 44.9 Å². The van der Waals surface area contributed by atoms with Gasteiger partial charge in [-0.1, -0.05) is 24.3 Å². The lowest BCUT2D eigenvalue weighted by Crippen LogP contribution is -2.36. The van der Waals surface area contributed by atoms with E-state index in [2.05, 4.69) is 5.32 Å². The van der Waals surface area contributed by atoms with E-state index in [1.165, 1.54) is 0 Å². The fraction of sp³-hybridized carbons (Fsp3) is 0.529. The number of carbonyl (C=O) groups is 2. The van der Waals surface area contributed by atoms with Crippen LogP contribution in [0.3, 0.4) is 0 Å². The van der Waals surface area contributed by atoms with E-state index in [0.29, 0.717) is 6.61 Å². The number of aliphatic hydroxyl groups is 1. The number of rotatable bonds is 6. The van der Waals surface area contributed by atoms with Crippen LogP contribution in [0.25, 0.3) is 0 Å². The molecule has 6 heteroatoms. The summed E-state index contributed by atoms with van der Waals surface area (Å²) in [5, 5.41) is 12.1. The third-order valence-corrected chi connectivity index (χ3v) is 2.91. The molecule has 0 heterocycles. The van der Waals surface area contributed by atoms with Crippen molar-refractivity contribution in [3.05, 3.63) is 35.4 Å². The van der Waals surface area contributed by atoms with Gasteiger partial charge in [0.1, 0.15) is 5.60 Å². The molecule has 0 saturated heterocycles. The molecule has 0 spiro atoms. The molecule has 6 nitrogen and oxygen atoms in total. The highest BCUT2D eigenvalue weighted by Crippen LogP contribution is 2.16. The molecule has 0 bridgehead atoms. The Morgan fingerprint density at radius 2 is 1.83 bits per heavy atom. The summed E-state index contributed by atoms with van der Waals surface area (Å²) >= 11 is 0. The quantitative estimate of drug-likeness (QED) is 0.785. The van der Waals surface area contributed by atoms with Gasteiger partial charge in [-0.05, 0) is 38.8 Å². The second-order valence-electron chi connectivity index (χ2n) is 6.10. The van der Waals surface area contributed by atoms with Gasteiger partial charge in [0.05, 0.1) is 25.7 Å². The van der Waals surface area contributed by atoms with Gasteiger partial charge in [-0.3, -0.25) is 4.79 Å². The molecular formula is C17H25NO5. The van der Waals surface area contributed by atoms with Crippen LogP contribution < -0.4 is 5.32 Å². The number of carbonyl (C=O) groups excluding carboxylic acids is 2. The van der Waals surface area contributed by atoms with Crippen LogP contribution in [-0.4, -0.2) is 36.0 Å². The summed E-state index contributed by atoms with van der Waals surface area (Å²) < 4.78 is 10.1. The Labute approximate surface area is 136 Å². The van der Waals surface area contributed by atoms with Gasteiger partial charge in [-0.25, -0.2) is 4.79 Å². The molecule has 0 aliphatic carbocycles. The van der Waals surface area contributed by atoms with Gasteiger partial charge >= 0.3 is 12.1 Å². The van der Waals surface area contributed by atoms with E-state index in [1.807, 2.05) is 0 Å². The molecule has 0 aromatic heterocycles. The normalized spacial score (nSPS) is 12.4. The highest BCUT2D eigenvalue weighted by atomic mass is 16.6. The van der Waals surface area contributed by atoms with Gasteiger partial charge in [0.15, 0.2) is 0 Å². The molecule has 0 radical (unpaired) electrons. The molecule has 1 aromatic rings.